The third-order valence-electron chi connectivity index (χ3n) is 1.58. The standard InChI is InChI=1S/C9H9NO4/c1-7-4-2-3-5-8(7)14-9(11)6-10(12)13/h2-5H,6H2,1H3. The molecule has 14 heavy (non-hydrogen) atoms. The molecule has 0 spiro atoms. The van der Waals surface area contributed by atoms with Gasteiger partial charge in [0.15, 0.2) is 0 Å². The van der Waals surface area contributed by atoms with Crippen LogP contribution in [-0.2, 0) is 4.79 Å². The first-order valence-electron chi connectivity index (χ1n) is 3.97. The van der Waals surface area contributed by atoms with Crippen LogP contribution in [0, 0.1) is 17.0 Å². The SMILES string of the molecule is Cc1ccccc1OC(=O)C[N+](=O)[O-]. The van der Waals surface area contributed by atoms with Crippen LogP contribution in [-0.4, -0.2) is 17.4 Å². The van der Waals surface area contributed by atoms with Gasteiger partial charge in [0.2, 0.25) is 0 Å². The van der Waals surface area contributed by atoms with E-state index in [1.807, 2.05) is 0 Å². The van der Waals surface area contributed by atoms with E-state index in [1.54, 1.807) is 31.2 Å². The number of ether oxygens (including phenoxy) is 1. The third-order valence-corrected chi connectivity index (χ3v) is 1.58. The Kier molecular flexibility index (Phi) is 3.17. The van der Waals surface area contributed by atoms with Gasteiger partial charge in [0.1, 0.15) is 5.75 Å². The molecule has 0 unspecified atom stereocenters. The zero-order chi connectivity index (χ0) is 10.6. The molecule has 5 nitrogen and oxygen atoms in total. The van der Waals surface area contributed by atoms with Crippen molar-refractivity contribution in [1.29, 1.82) is 0 Å². The average molecular weight is 195 g/mol. The molecule has 0 aliphatic rings. The van der Waals surface area contributed by atoms with Crippen LogP contribution < -0.4 is 4.74 Å². The molecule has 74 valence electrons. The molecule has 0 aromatic heterocycles. The number of esters is 1. The van der Waals surface area contributed by atoms with E-state index in [2.05, 4.69) is 0 Å². The largest absolute Gasteiger partial charge is 0.421 e. The summed E-state index contributed by atoms with van der Waals surface area (Å²) in [4.78, 5) is 20.2. The normalized spacial score (nSPS) is 9.50. The van der Waals surface area contributed by atoms with Crippen LogP contribution in [0.1, 0.15) is 5.56 Å². The van der Waals surface area contributed by atoms with Crippen LogP contribution in [0.25, 0.3) is 0 Å². The van der Waals surface area contributed by atoms with Gasteiger partial charge >= 0.3 is 5.97 Å². The zero-order valence-corrected chi connectivity index (χ0v) is 7.60. The second kappa shape index (κ2) is 4.36. The van der Waals surface area contributed by atoms with Crippen LogP contribution in [0.15, 0.2) is 24.3 Å². The van der Waals surface area contributed by atoms with Gasteiger partial charge < -0.3 is 4.74 Å². The molecule has 0 aliphatic heterocycles. The van der Waals surface area contributed by atoms with Gasteiger partial charge in [0.25, 0.3) is 6.54 Å². The Morgan fingerprint density at radius 3 is 2.71 bits per heavy atom. The first-order chi connectivity index (χ1) is 6.59. The number of carbonyl (C=O) groups is 1. The predicted molar refractivity (Wildman–Crippen MR) is 48.7 cm³/mol. The molecule has 0 bridgehead atoms. The Morgan fingerprint density at radius 2 is 2.14 bits per heavy atom. The predicted octanol–water partition coefficient (Wildman–Crippen LogP) is 1.18. The number of carbonyl (C=O) groups excluding carboxylic acids is 1. The Balaban J connectivity index is 2.65. The highest BCUT2D eigenvalue weighted by molar-refractivity contribution is 5.73. The lowest BCUT2D eigenvalue weighted by Crippen LogP contribution is -2.19. The van der Waals surface area contributed by atoms with Gasteiger partial charge in [-0.05, 0) is 18.6 Å². The van der Waals surface area contributed by atoms with Crippen molar-refractivity contribution >= 4 is 5.97 Å². The number of benzene rings is 1. The fraction of sp³-hybridized carbons (Fsp3) is 0.222. The number of rotatable bonds is 3. The number of hydrogen-bond donors (Lipinski definition) is 0. The van der Waals surface area contributed by atoms with E-state index < -0.39 is 17.4 Å². The summed E-state index contributed by atoms with van der Waals surface area (Å²) in [6.45, 7) is 0.948. The zero-order valence-electron chi connectivity index (χ0n) is 7.60. The molecule has 0 radical (unpaired) electrons. The van der Waals surface area contributed by atoms with E-state index in [0.29, 0.717) is 5.75 Å². The summed E-state index contributed by atoms with van der Waals surface area (Å²) in [6.07, 6.45) is 0. The summed E-state index contributed by atoms with van der Waals surface area (Å²) in [6, 6.07) is 6.84. The third kappa shape index (κ3) is 2.85. The van der Waals surface area contributed by atoms with Crippen molar-refractivity contribution in [3.05, 3.63) is 39.9 Å². The van der Waals surface area contributed by atoms with Gasteiger partial charge in [-0.25, -0.2) is 4.79 Å². The number of para-hydroxylation sites is 1. The van der Waals surface area contributed by atoms with Crippen LogP contribution in [0.3, 0.4) is 0 Å². The topological polar surface area (TPSA) is 69.4 Å². The van der Waals surface area contributed by atoms with Crippen molar-refractivity contribution < 1.29 is 14.5 Å². The Labute approximate surface area is 80.5 Å². The highest BCUT2D eigenvalue weighted by Crippen LogP contribution is 2.15. The van der Waals surface area contributed by atoms with Crippen LogP contribution in [0.2, 0.25) is 0 Å². The number of aryl methyl sites for hydroxylation is 1. The van der Waals surface area contributed by atoms with Crippen molar-refractivity contribution in [1.82, 2.24) is 0 Å². The highest BCUT2D eigenvalue weighted by atomic mass is 16.6. The lowest BCUT2D eigenvalue weighted by molar-refractivity contribution is -0.469. The Morgan fingerprint density at radius 1 is 1.50 bits per heavy atom. The van der Waals surface area contributed by atoms with Gasteiger partial charge in [-0.3, -0.25) is 10.1 Å². The highest BCUT2D eigenvalue weighted by Gasteiger charge is 2.12. The molecule has 0 N–H and O–H groups in total. The van der Waals surface area contributed by atoms with E-state index >= 15 is 0 Å². The molecule has 5 heteroatoms. The second-order valence-electron chi connectivity index (χ2n) is 2.73. The Bertz CT molecular complexity index is 362. The molecule has 0 atom stereocenters. The molecule has 0 fully saturated rings. The molecule has 0 heterocycles. The quantitative estimate of drug-likeness (QED) is 0.314. The van der Waals surface area contributed by atoms with Crippen molar-refractivity contribution in [2.24, 2.45) is 0 Å². The van der Waals surface area contributed by atoms with Crippen molar-refractivity contribution in [3.63, 3.8) is 0 Å². The molecule has 1 aromatic carbocycles. The van der Waals surface area contributed by atoms with E-state index in [-0.39, 0.29) is 0 Å². The summed E-state index contributed by atoms with van der Waals surface area (Å²) in [5.41, 5.74) is 0.768. The lowest BCUT2D eigenvalue weighted by atomic mass is 10.2. The number of nitro groups is 1. The van der Waals surface area contributed by atoms with Gasteiger partial charge in [0, 0.05) is 4.92 Å². The van der Waals surface area contributed by atoms with Crippen molar-refractivity contribution in [2.75, 3.05) is 6.54 Å². The van der Waals surface area contributed by atoms with E-state index in [9.17, 15) is 14.9 Å². The maximum atomic E-state index is 10.9. The van der Waals surface area contributed by atoms with E-state index in [0.717, 1.165) is 5.56 Å². The molecule has 0 amide bonds. The molecule has 1 aromatic rings. The molecular formula is C9H9NO4. The first kappa shape index (κ1) is 10.2. The molecular weight excluding hydrogens is 186 g/mol. The summed E-state index contributed by atoms with van der Waals surface area (Å²) in [5, 5.41) is 9.99. The van der Waals surface area contributed by atoms with Gasteiger partial charge in [-0.1, -0.05) is 18.2 Å². The second-order valence-corrected chi connectivity index (χ2v) is 2.73. The minimum atomic E-state index is -0.857. The van der Waals surface area contributed by atoms with E-state index in [1.165, 1.54) is 0 Å². The monoisotopic (exact) mass is 195 g/mol. The summed E-state index contributed by atoms with van der Waals surface area (Å²) >= 11 is 0. The Hall–Kier alpha value is -1.91. The van der Waals surface area contributed by atoms with Gasteiger partial charge in [-0.2, -0.15) is 0 Å². The maximum absolute atomic E-state index is 10.9. The smallest absolute Gasteiger partial charge is 0.383 e. The molecule has 0 saturated carbocycles. The van der Waals surface area contributed by atoms with Gasteiger partial charge in [0.05, 0.1) is 0 Å². The lowest BCUT2D eigenvalue weighted by Gasteiger charge is -2.03. The average Bonchev–Trinajstić information content (AvgIpc) is 2.07. The summed E-state index contributed by atoms with van der Waals surface area (Å²) in [7, 11) is 0. The van der Waals surface area contributed by atoms with Crippen LogP contribution in [0.4, 0.5) is 0 Å². The fourth-order valence-corrected chi connectivity index (χ4v) is 0.931. The molecule has 1 rings (SSSR count). The number of hydrogen-bond acceptors (Lipinski definition) is 4. The van der Waals surface area contributed by atoms with Crippen molar-refractivity contribution in [2.45, 2.75) is 6.92 Å². The molecule has 0 saturated heterocycles. The minimum absolute atomic E-state index is 0.361. The maximum Gasteiger partial charge on any atom is 0.383 e. The van der Waals surface area contributed by atoms with E-state index in [4.69, 9.17) is 4.74 Å². The fourth-order valence-electron chi connectivity index (χ4n) is 0.931. The van der Waals surface area contributed by atoms with Gasteiger partial charge in [-0.15, -0.1) is 0 Å². The molecule has 0 aliphatic carbocycles. The summed E-state index contributed by atoms with van der Waals surface area (Å²) in [5.74, 6) is -0.497. The number of nitrogens with zero attached hydrogens (tertiary/aromatic N) is 1. The van der Waals surface area contributed by atoms with Crippen molar-refractivity contribution in [3.8, 4) is 5.75 Å². The summed E-state index contributed by atoms with van der Waals surface area (Å²) < 4.78 is 4.78. The van der Waals surface area contributed by atoms with Crippen LogP contribution in [0.5, 0.6) is 5.75 Å². The first-order valence-corrected chi connectivity index (χ1v) is 3.97. The van der Waals surface area contributed by atoms with Crippen LogP contribution >= 0.6 is 0 Å². The minimum Gasteiger partial charge on any atom is -0.421 e.